The van der Waals surface area contributed by atoms with Crippen LogP contribution in [0.5, 0.6) is 0 Å². The average molecular weight is 246 g/mol. The number of carbonyl (C=O) groups excluding carboxylic acids is 1. The van der Waals surface area contributed by atoms with Gasteiger partial charge in [0, 0.05) is 23.5 Å². The fourth-order valence-corrected chi connectivity index (χ4v) is 4.41. The molecule has 1 aliphatic heterocycles. The van der Waals surface area contributed by atoms with E-state index in [4.69, 9.17) is 0 Å². The van der Waals surface area contributed by atoms with Crippen molar-refractivity contribution in [3.05, 3.63) is 29.8 Å². The van der Waals surface area contributed by atoms with Crippen LogP contribution in [-0.2, 0) is 4.79 Å². The number of rotatable bonds is 2. The van der Waals surface area contributed by atoms with Crippen LogP contribution in [-0.4, -0.2) is 11.5 Å². The highest BCUT2D eigenvalue weighted by molar-refractivity contribution is 7.99. The Hall–Kier alpha value is -0.760. The number of ketones is 1. The van der Waals surface area contributed by atoms with Gasteiger partial charge in [-0.25, -0.2) is 0 Å². The van der Waals surface area contributed by atoms with Crippen LogP contribution in [0.4, 0.5) is 0 Å². The molecule has 0 spiro atoms. The predicted octanol–water partition coefficient (Wildman–Crippen LogP) is 4.03. The molecule has 1 aromatic rings. The van der Waals surface area contributed by atoms with Crippen LogP contribution >= 0.6 is 11.8 Å². The Bertz CT molecular complexity index is 427. The smallest absolute Gasteiger partial charge is 0.133 e. The van der Waals surface area contributed by atoms with Gasteiger partial charge in [0.05, 0.1) is 0 Å². The number of hydrogen-bond acceptors (Lipinski definition) is 2. The van der Waals surface area contributed by atoms with Crippen molar-refractivity contribution in [1.29, 1.82) is 0 Å². The minimum absolute atomic E-state index is 0.486. The van der Waals surface area contributed by atoms with E-state index in [1.807, 2.05) is 11.8 Å². The summed E-state index contributed by atoms with van der Waals surface area (Å²) < 4.78 is 0. The lowest BCUT2D eigenvalue weighted by atomic mass is 9.81. The number of Topliss-reactive ketones (excluding diaryl/α,β-unsaturated/α-hetero) is 1. The first-order valence-corrected chi connectivity index (χ1v) is 7.55. The average Bonchev–Trinajstić information content (AvgIpc) is 2.73. The van der Waals surface area contributed by atoms with Crippen LogP contribution in [0, 0.1) is 5.92 Å². The summed E-state index contributed by atoms with van der Waals surface area (Å²) in [4.78, 5) is 12.9. The van der Waals surface area contributed by atoms with Crippen LogP contribution in [0.15, 0.2) is 29.2 Å². The summed E-state index contributed by atoms with van der Waals surface area (Å²) in [6.07, 6.45) is 5.26. The van der Waals surface area contributed by atoms with Crippen LogP contribution in [0.1, 0.15) is 43.6 Å². The minimum atomic E-state index is 0.486. The fraction of sp³-hybridized carbons (Fsp3) is 0.533. The van der Waals surface area contributed by atoms with E-state index in [0.29, 0.717) is 17.6 Å². The second kappa shape index (κ2) is 4.85. The van der Waals surface area contributed by atoms with Gasteiger partial charge in [-0.15, -0.1) is 11.8 Å². The summed E-state index contributed by atoms with van der Waals surface area (Å²) in [6.45, 7) is 0. The van der Waals surface area contributed by atoms with Gasteiger partial charge in [-0.3, -0.25) is 4.79 Å². The van der Waals surface area contributed by atoms with Crippen molar-refractivity contribution in [2.75, 3.05) is 5.75 Å². The van der Waals surface area contributed by atoms with Crippen molar-refractivity contribution >= 4 is 17.5 Å². The van der Waals surface area contributed by atoms with Gasteiger partial charge in [-0.1, -0.05) is 18.2 Å². The monoisotopic (exact) mass is 246 g/mol. The van der Waals surface area contributed by atoms with E-state index < -0.39 is 0 Å². The first-order chi connectivity index (χ1) is 8.33. The van der Waals surface area contributed by atoms with Gasteiger partial charge in [0.25, 0.3) is 0 Å². The molecule has 2 heteroatoms. The largest absolute Gasteiger partial charge is 0.300 e. The zero-order chi connectivity index (χ0) is 11.7. The molecule has 1 aliphatic carbocycles. The van der Waals surface area contributed by atoms with E-state index in [-0.39, 0.29) is 0 Å². The highest BCUT2D eigenvalue weighted by Crippen LogP contribution is 2.43. The lowest BCUT2D eigenvalue weighted by molar-refractivity contribution is -0.121. The summed E-state index contributed by atoms with van der Waals surface area (Å²) in [5, 5.41) is 0. The molecular formula is C15H18OS. The van der Waals surface area contributed by atoms with Crippen LogP contribution in [0.3, 0.4) is 0 Å². The summed E-state index contributed by atoms with van der Waals surface area (Å²) in [5.74, 6) is 3.03. The Labute approximate surface area is 107 Å². The first-order valence-electron chi connectivity index (χ1n) is 6.56. The van der Waals surface area contributed by atoms with E-state index in [0.717, 1.165) is 19.3 Å². The van der Waals surface area contributed by atoms with Crippen molar-refractivity contribution in [3.63, 3.8) is 0 Å². The maximum Gasteiger partial charge on any atom is 0.133 e. The zero-order valence-corrected chi connectivity index (χ0v) is 10.8. The predicted molar refractivity (Wildman–Crippen MR) is 71.5 cm³/mol. The third-order valence-electron chi connectivity index (χ3n) is 4.00. The molecule has 1 nitrogen and oxygen atoms in total. The van der Waals surface area contributed by atoms with Gasteiger partial charge >= 0.3 is 0 Å². The van der Waals surface area contributed by atoms with Crippen LogP contribution < -0.4 is 0 Å². The van der Waals surface area contributed by atoms with E-state index in [2.05, 4.69) is 24.3 Å². The van der Waals surface area contributed by atoms with Crippen molar-refractivity contribution in [1.82, 2.24) is 0 Å². The van der Waals surface area contributed by atoms with Gasteiger partial charge in [-0.2, -0.15) is 0 Å². The topological polar surface area (TPSA) is 17.1 Å². The number of carbonyl (C=O) groups is 1. The molecule has 1 fully saturated rings. The van der Waals surface area contributed by atoms with Crippen LogP contribution in [0.2, 0.25) is 0 Å². The molecule has 17 heavy (non-hydrogen) atoms. The third-order valence-corrected chi connectivity index (χ3v) is 5.25. The quantitative estimate of drug-likeness (QED) is 0.784. The summed E-state index contributed by atoms with van der Waals surface area (Å²) in [6, 6.07) is 8.76. The van der Waals surface area contributed by atoms with Crippen molar-refractivity contribution in [3.8, 4) is 0 Å². The molecule has 2 unspecified atom stereocenters. The molecule has 2 aliphatic rings. The van der Waals surface area contributed by atoms with E-state index in [1.165, 1.54) is 29.1 Å². The molecule has 0 bridgehead atoms. The lowest BCUT2D eigenvalue weighted by Gasteiger charge is -2.23. The van der Waals surface area contributed by atoms with Gasteiger partial charge in [-0.05, 0) is 42.7 Å². The molecule has 0 aromatic heterocycles. The Kier molecular flexibility index (Phi) is 3.24. The summed E-state index contributed by atoms with van der Waals surface area (Å²) >= 11 is 1.98. The number of thioether (sulfide) groups is 1. The minimum Gasteiger partial charge on any atom is -0.300 e. The van der Waals surface area contributed by atoms with Gasteiger partial charge in [0.15, 0.2) is 0 Å². The van der Waals surface area contributed by atoms with Gasteiger partial charge < -0.3 is 0 Å². The summed E-state index contributed by atoms with van der Waals surface area (Å²) in [7, 11) is 0. The molecular weight excluding hydrogens is 228 g/mol. The Morgan fingerprint density at radius 3 is 3.06 bits per heavy atom. The van der Waals surface area contributed by atoms with Crippen LogP contribution in [0.25, 0.3) is 0 Å². The number of hydrogen-bond donors (Lipinski definition) is 0. The molecule has 3 rings (SSSR count). The maximum absolute atomic E-state index is 11.5. The molecule has 1 aromatic carbocycles. The molecule has 0 saturated heterocycles. The highest BCUT2D eigenvalue weighted by Gasteiger charge is 2.28. The first kappa shape index (κ1) is 11.3. The number of fused-ring (bicyclic) bond motifs is 1. The second-order valence-corrected chi connectivity index (χ2v) is 6.34. The maximum atomic E-state index is 11.5. The fourth-order valence-electron chi connectivity index (χ4n) is 3.14. The standard InChI is InChI=1S/C15H18OS/c16-13-5-3-4-11(9-13)8-12-10-17-15-7-2-1-6-14(12)15/h1-2,6-7,11-12H,3-5,8-10H2. The van der Waals surface area contributed by atoms with Gasteiger partial charge in [0.1, 0.15) is 5.78 Å². The molecule has 2 atom stereocenters. The lowest BCUT2D eigenvalue weighted by Crippen LogP contribution is -2.17. The van der Waals surface area contributed by atoms with Gasteiger partial charge in [0.2, 0.25) is 0 Å². The molecule has 0 N–H and O–H groups in total. The zero-order valence-electron chi connectivity index (χ0n) is 10.0. The van der Waals surface area contributed by atoms with E-state index >= 15 is 0 Å². The Morgan fingerprint density at radius 1 is 1.29 bits per heavy atom. The van der Waals surface area contributed by atoms with Crippen molar-refractivity contribution < 1.29 is 4.79 Å². The Morgan fingerprint density at radius 2 is 2.18 bits per heavy atom. The normalized spacial score (nSPS) is 28.1. The van der Waals surface area contributed by atoms with Crippen molar-refractivity contribution in [2.24, 2.45) is 5.92 Å². The number of benzene rings is 1. The second-order valence-electron chi connectivity index (χ2n) is 5.28. The SMILES string of the molecule is O=C1CCCC(CC2CSc3ccccc32)C1. The van der Waals surface area contributed by atoms with Crippen molar-refractivity contribution in [2.45, 2.75) is 42.9 Å². The summed E-state index contributed by atoms with van der Waals surface area (Å²) in [5.41, 5.74) is 1.52. The Balaban J connectivity index is 1.69. The highest BCUT2D eigenvalue weighted by atomic mass is 32.2. The van der Waals surface area contributed by atoms with E-state index in [1.54, 1.807) is 0 Å². The molecule has 1 heterocycles. The van der Waals surface area contributed by atoms with E-state index in [9.17, 15) is 4.79 Å². The molecule has 1 saturated carbocycles. The molecule has 0 radical (unpaired) electrons. The molecule has 0 amide bonds. The molecule has 90 valence electrons. The third kappa shape index (κ3) is 2.42.